The van der Waals surface area contributed by atoms with Crippen molar-refractivity contribution in [2.45, 2.75) is 26.7 Å². The lowest BCUT2D eigenvalue weighted by atomic mass is 10.0. The van der Waals surface area contributed by atoms with Crippen molar-refractivity contribution in [3.8, 4) is 0 Å². The smallest absolute Gasteiger partial charge is 0.0404 e. The zero-order chi connectivity index (χ0) is 9.23. The van der Waals surface area contributed by atoms with E-state index in [9.17, 15) is 0 Å². The lowest BCUT2D eigenvalue weighted by Gasteiger charge is -2.11. The van der Waals surface area contributed by atoms with Crippen molar-refractivity contribution in [1.29, 1.82) is 0 Å². The van der Waals surface area contributed by atoms with Crippen molar-refractivity contribution in [1.82, 2.24) is 5.32 Å². The fraction of sp³-hybridized carbons (Fsp3) is 0.800. The Hall–Kier alpha value is -0.0100. The van der Waals surface area contributed by atoms with Crippen LogP contribution in [-0.4, -0.2) is 19.0 Å². The Morgan fingerprint density at radius 3 is 2.42 bits per heavy atom. The largest absolute Gasteiger partial charge is 0.313 e. The minimum Gasteiger partial charge on any atom is -0.313 e. The van der Waals surface area contributed by atoms with Crippen molar-refractivity contribution in [3.05, 3.63) is 12.2 Å². The highest BCUT2D eigenvalue weighted by molar-refractivity contribution is 6.18. The van der Waals surface area contributed by atoms with Crippen molar-refractivity contribution < 1.29 is 0 Å². The minimum absolute atomic E-state index is 0.618. The maximum absolute atomic E-state index is 5.48. The molecule has 0 aliphatic rings. The van der Waals surface area contributed by atoms with Crippen molar-refractivity contribution in [3.63, 3.8) is 0 Å². The van der Waals surface area contributed by atoms with Gasteiger partial charge in [-0.1, -0.05) is 38.8 Å². The van der Waals surface area contributed by atoms with Crippen LogP contribution in [0.25, 0.3) is 0 Å². The Kier molecular flexibility index (Phi) is 9.07. The molecule has 0 saturated heterocycles. The lowest BCUT2D eigenvalue weighted by molar-refractivity contribution is 0.461. The van der Waals surface area contributed by atoms with E-state index < -0.39 is 0 Å². The predicted molar refractivity (Wildman–Crippen MR) is 56.8 cm³/mol. The average Bonchev–Trinajstić information content (AvgIpc) is 2.11. The molecule has 72 valence electrons. The number of alkyl halides is 1. The van der Waals surface area contributed by atoms with Gasteiger partial charge in [0.2, 0.25) is 0 Å². The molecule has 0 amide bonds. The zero-order valence-electron chi connectivity index (χ0n) is 8.15. The summed E-state index contributed by atoms with van der Waals surface area (Å²) < 4.78 is 0. The van der Waals surface area contributed by atoms with Gasteiger partial charge in [-0.15, -0.1) is 11.6 Å². The monoisotopic (exact) mass is 189 g/mol. The summed E-state index contributed by atoms with van der Waals surface area (Å²) in [4.78, 5) is 0. The molecule has 0 bridgehead atoms. The van der Waals surface area contributed by atoms with Gasteiger partial charge in [0.1, 0.15) is 0 Å². The highest BCUT2D eigenvalue weighted by atomic mass is 35.5. The predicted octanol–water partition coefficient (Wildman–Crippen LogP) is 2.81. The highest BCUT2D eigenvalue weighted by Crippen LogP contribution is 2.04. The summed E-state index contributed by atoms with van der Waals surface area (Å²) >= 11 is 5.48. The van der Waals surface area contributed by atoms with E-state index in [2.05, 4.69) is 25.2 Å². The number of allylic oxidation sites excluding steroid dienone is 1. The summed E-state index contributed by atoms with van der Waals surface area (Å²) in [6.45, 7) is 6.55. The number of hydrogen-bond donors (Lipinski definition) is 1. The Morgan fingerprint density at radius 1 is 1.25 bits per heavy atom. The highest BCUT2D eigenvalue weighted by Gasteiger charge is 2.00. The summed E-state index contributed by atoms with van der Waals surface area (Å²) in [5.41, 5.74) is 0. The summed E-state index contributed by atoms with van der Waals surface area (Å²) in [6, 6.07) is 0. The SMILES string of the molecule is CCC(CC)CNC/C=C/CCl. The summed E-state index contributed by atoms with van der Waals surface area (Å²) in [7, 11) is 0. The molecule has 0 aliphatic heterocycles. The van der Waals surface area contributed by atoms with Crippen LogP contribution >= 0.6 is 11.6 Å². The van der Waals surface area contributed by atoms with Crippen molar-refractivity contribution >= 4 is 11.6 Å². The van der Waals surface area contributed by atoms with Crippen LogP contribution in [0.1, 0.15) is 26.7 Å². The first-order valence-electron chi connectivity index (χ1n) is 4.76. The normalized spacial score (nSPS) is 11.7. The third-order valence-electron chi connectivity index (χ3n) is 2.11. The molecule has 0 spiro atoms. The molecule has 0 atom stereocenters. The van der Waals surface area contributed by atoms with Crippen LogP contribution in [0, 0.1) is 5.92 Å². The molecular weight excluding hydrogens is 170 g/mol. The molecule has 0 fully saturated rings. The van der Waals surface area contributed by atoms with E-state index in [1.807, 2.05) is 6.08 Å². The first-order chi connectivity index (χ1) is 5.85. The first kappa shape index (κ1) is 12.0. The minimum atomic E-state index is 0.618. The average molecular weight is 190 g/mol. The maximum Gasteiger partial charge on any atom is 0.0404 e. The van der Waals surface area contributed by atoms with E-state index in [4.69, 9.17) is 11.6 Å². The molecule has 0 heterocycles. The fourth-order valence-corrected chi connectivity index (χ4v) is 1.22. The summed E-state index contributed by atoms with van der Waals surface area (Å²) in [6.07, 6.45) is 6.59. The van der Waals surface area contributed by atoms with Crippen LogP contribution < -0.4 is 5.32 Å². The van der Waals surface area contributed by atoms with E-state index in [0.717, 1.165) is 19.0 Å². The van der Waals surface area contributed by atoms with Gasteiger partial charge in [0.05, 0.1) is 0 Å². The molecule has 1 nitrogen and oxygen atoms in total. The van der Waals surface area contributed by atoms with Gasteiger partial charge in [0.15, 0.2) is 0 Å². The molecule has 0 rings (SSSR count). The van der Waals surface area contributed by atoms with Gasteiger partial charge in [-0.2, -0.15) is 0 Å². The molecule has 12 heavy (non-hydrogen) atoms. The van der Waals surface area contributed by atoms with E-state index in [0.29, 0.717) is 5.88 Å². The van der Waals surface area contributed by atoms with Crippen LogP contribution in [0.3, 0.4) is 0 Å². The first-order valence-corrected chi connectivity index (χ1v) is 5.30. The number of rotatable bonds is 7. The number of hydrogen-bond acceptors (Lipinski definition) is 1. The molecular formula is C10H20ClN. The fourth-order valence-electron chi connectivity index (χ4n) is 1.09. The third-order valence-corrected chi connectivity index (χ3v) is 2.28. The van der Waals surface area contributed by atoms with Crippen molar-refractivity contribution in [2.75, 3.05) is 19.0 Å². The lowest BCUT2D eigenvalue weighted by Crippen LogP contribution is -2.22. The maximum atomic E-state index is 5.48. The van der Waals surface area contributed by atoms with E-state index >= 15 is 0 Å². The second-order valence-electron chi connectivity index (χ2n) is 2.97. The van der Waals surface area contributed by atoms with Gasteiger partial charge in [0, 0.05) is 12.4 Å². The molecule has 0 radical (unpaired) electrons. The molecule has 0 aromatic rings. The summed E-state index contributed by atoms with van der Waals surface area (Å²) in [5, 5.41) is 3.38. The molecule has 0 aromatic heterocycles. The topological polar surface area (TPSA) is 12.0 Å². The van der Waals surface area contributed by atoms with Gasteiger partial charge in [-0.25, -0.2) is 0 Å². The van der Waals surface area contributed by atoms with Crippen molar-refractivity contribution in [2.24, 2.45) is 5.92 Å². The van der Waals surface area contributed by atoms with E-state index in [1.165, 1.54) is 12.8 Å². The van der Waals surface area contributed by atoms with E-state index in [-0.39, 0.29) is 0 Å². The molecule has 1 N–H and O–H groups in total. The van der Waals surface area contributed by atoms with Crippen LogP contribution in [-0.2, 0) is 0 Å². The molecule has 0 aliphatic carbocycles. The van der Waals surface area contributed by atoms with Crippen LogP contribution in [0.15, 0.2) is 12.2 Å². The third kappa shape index (κ3) is 6.68. The molecule has 0 saturated carbocycles. The van der Waals surface area contributed by atoms with Gasteiger partial charge in [-0.3, -0.25) is 0 Å². The molecule has 0 aromatic carbocycles. The van der Waals surface area contributed by atoms with Gasteiger partial charge < -0.3 is 5.32 Å². The van der Waals surface area contributed by atoms with Gasteiger partial charge >= 0.3 is 0 Å². The second-order valence-corrected chi connectivity index (χ2v) is 3.28. The number of halogens is 1. The van der Waals surface area contributed by atoms with Crippen LogP contribution in [0.5, 0.6) is 0 Å². The van der Waals surface area contributed by atoms with Crippen LogP contribution in [0.4, 0.5) is 0 Å². The van der Waals surface area contributed by atoms with E-state index in [1.54, 1.807) is 0 Å². The standard InChI is InChI=1S/C10H20ClN/c1-3-10(4-2)9-12-8-6-5-7-11/h5-6,10,12H,3-4,7-9H2,1-2H3/b6-5+. The summed E-state index contributed by atoms with van der Waals surface area (Å²) in [5.74, 6) is 1.45. The Balaban J connectivity index is 3.23. The Morgan fingerprint density at radius 2 is 1.92 bits per heavy atom. The molecule has 0 unspecified atom stereocenters. The Labute approximate surface area is 81.2 Å². The Bertz CT molecular complexity index is 108. The van der Waals surface area contributed by atoms with Crippen LogP contribution in [0.2, 0.25) is 0 Å². The quantitative estimate of drug-likeness (QED) is 0.369. The molecule has 2 heteroatoms. The van der Waals surface area contributed by atoms with Gasteiger partial charge in [-0.05, 0) is 12.5 Å². The van der Waals surface area contributed by atoms with Gasteiger partial charge in [0.25, 0.3) is 0 Å². The number of nitrogens with one attached hydrogen (secondary N) is 1. The second kappa shape index (κ2) is 9.08. The zero-order valence-corrected chi connectivity index (χ0v) is 8.90.